The van der Waals surface area contributed by atoms with E-state index in [1.807, 2.05) is 32.3 Å². The summed E-state index contributed by atoms with van der Waals surface area (Å²) < 4.78 is 5.54. The number of aryl methyl sites for hydroxylation is 1. The Morgan fingerprint density at radius 1 is 1.34 bits per heavy atom. The zero-order valence-corrected chi connectivity index (χ0v) is 19.0. The standard InChI is InChI=1S/C23H33N3O2S/c1-16-6-7-19(28-5)18(14-16)15-26-11-8-17(9-12-26)20(21-24-10-13-29-21)25-22(27)23(2,3)4/h6-7,10,13-14,17,20H,8-9,11-12,15H2,1-5H3,(H,25,27)/t20-/m1/s1. The van der Waals surface area contributed by atoms with Crippen LogP contribution >= 0.6 is 11.3 Å². The number of carbonyl (C=O) groups is 1. The number of methoxy groups -OCH3 is 1. The SMILES string of the molecule is COc1ccc(C)cc1CN1CCC([C@@H](NC(=O)C(C)(C)C)c2nccs2)CC1. The molecule has 0 radical (unpaired) electrons. The van der Waals surface area contributed by atoms with Crippen LogP contribution in [0.1, 0.15) is 55.8 Å². The van der Waals surface area contributed by atoms with Crippen LogP contribution in [-0.4, -0.2) is 36.0 Å². The lowest BCUT2D eigenvalue weighted by molar-refractivity contribution is -0.129. The summed E-state index contributed by atoms with van der Waals surface area (Å²) >= 11 is 1.63. The third kappa shape index (κ3) is 5.58. The molecule has 3 rings (SSSR count). The van der Waals surface area contributed by atoms with Gasteiger partial charge < -0.3 is 10.1 Å². The Labute approximate surface area is 178 Å². The minimum absolute atomic E-state index is 0.00243. The predicted octanol–water partition coefficient (Wildman–Crippen LogP) is 4.58. The highest BCUT2D eigenvalue weighted by Gasteiger charge is 2.33. The molecule has 0 saturated carbocycles. The number of benzene rings is 1. The number of ether oxygens (including phenoxy) is 1. The number of aromatic nitrogens is 1. The molecule has 2 aromatic rings. The second-order valence-electron chi connectivity index (χ2n) is 9.00. The maximum atomic E-state index is 12.7. The molecule has 1 fully saturated rings. The van der Waals surface area contributed by atoms with Crippen LogP contribution in [0.25, 0.3) is 0 Å². The zero-order valence-electron chi connectivity index (χ0n) is 18.2. The van der Waals surface area contributed by atoms with E-state index in [4.69, 9.17) is 4.74 Å². The Balaban J connectivity index is 1.66. The molecule has 1 aromatic heterocycles. The fourth-order valence-electron chi connectivity index (χ4n) is 3.84. The molecule has 1 N–H and O–H groups in total. The van der Waals surface area contributed by atoms with E-state index in [2.05, 4.69) is 40.3 Å². The molecule has 0 unspecified atom stereocenters. The van der Waals surface area contributed by atoms with Gasteiger partial charge in [0, 0.05) is 29.1 Å². The van der Waals surface area contributed by atoms with Gasteiger partial charge in [-0.25, -0.2) is 4.98 Å². The predicted molar refractivity (Wildman–Crippen MR) is 118 cm³/mol. The number of carbonyl (C=O) groups excluding carboxylic acids is 1. The Kier molecular flexibility index (Phi) is 6.96. The number of likely N-dealkylation sites (tertiary alicyclic amines) is 1. The van der Waals surface area contributed by atoms with E-state index in [9.17, 15) is 4.79 Å². The highest BCUT2D eigenvalue weighted by atomic mass is 32.1. The van der Waals surface area contributed by atoms with Gasteiger partial charge in [-0.15, -0.1) is 11.3 Å². The minimum atomic E-state index is -0.405. The summed E-state index contributed by atoms with van der Waals surface area (Å²) in [5.74, 6) is 1.45. The minimum Gasteiger partial charge on any atom is -0.496 e. The molecule has 1 atom stereocenters. The summed E-state index contributed by atoms with van der Waals surface area (Å²) in [6.07, 6.45) is 3.92. The van der Waals surface area contributed by atoms with Crippen molar-refractivity contribution < 1.29 is 9.53 Å². The van der Waals surface area contributed by atoms with Crippen LogP contribution in [0.5, 0.6) is 5.75 Å². The van der Waals surface area contributed by atoms with Gasteiger partial charge in [0.15, 0.2) is 0 Å². The number of hydrogen-bond acceptors (Lipinski definition) is 5. The Hall–Kier alpha value is -1.92. The molecule has 2 heterocycles. The summed E-state index contributed by atoms with van der Waals surface area (Å²) in [6.45, 7) is 10.9. The van der Waals surface area contributed by atoms with Crippen LogP contribution < -0.4 is 10.1 Å². The third-order valence-electron chi connectivity index (χ3n) is 5.62. The number of amides is 1. The van der Waals surface area contributed by atoms with Crippen molar-refractivity contribution in [2.24, 2.45) is 11.3 Å². The van der Waals surface area contributed by atoms with E-state index in [1.54, 1.807) is 18.4 Å². The van der Waals surface area contributed by atoms with Crippen molar-refractivity contribution in [1.29, 1.82) is 0 Å². The highest BCUT2D eigenvalue weighted by molar-refractivity contribution is 7.09. The summed E-state index contributed by atoms with van der Waals surface area (Å²) in [7, 11) is 1.73. The lowest BCUT2D eigenvalue weighted by Gasteiger charge is -2.36. The second kappa shape index (κ2) is 9.26. The number of nitrogens with zero attached hydrogens (tertiary/aromatic N) is 2. The van der Waals surface area contributed by atoms with Crippen molar-refractivity contribution in [2.75, 3.05) is 20.2 Å². The van der Waals surface area contributed by atoms with Gasteiger partial charge in [-0.2, -0.15) is 0 Å². The lowest BCUT2D eigenvalue weighted by Crippen LogP contribution is -2.43. The van der Waals surface area contributed by atoms with Crippen molar-refractivity contribution in [3.05, 3.63) is 45.9 Å². The molecular weight excluding hydrogens is 382 g/mol. The van der Waals surface area contributed by atoms with Crippen molar-refractivity contribution in [3.63, 3.8) is 0 Å². The lowest BCUT2D eigenvalue weighted by atomic mass is 9.87. The molecule has 1 amide bonds. The largest absolute Gasteiger partial charge is 0.496 e. The fourth-order valence-corrected chi connectivity index (χ4v) is 4.62. The molecule has 0 aliphatic carbocycles. The average Bonchev–Trinajstić information content (AvgIpc) is 3.20. The maximum Gasteiger partial charge on any atom is 0.225 e. The number of rotatable bonds is 6. The molecule has 6 heteroatoms. The zero-order chi connectivity index (χ0) is 21.0. The first-order valence-electron chi connectivity index (χ1n) is 10.3. The molecule has 0 spiro atoms. The quantitative estimate of drug-likeness (QED) is 0.751. The number of hydrogen-bond donors (Lipinski definition) is 1. The van der Waals surface area contributed by atoms with Gasteiger partial charge in [-0.3, -0.25) is 9.69 Å². The van der Waals surface area contributed by atoms with Crippen molar-refractivity contribution in [1.82, 2.24) is 15.2 Å². The van der Waals surface area contributed by atoms with Gasteiger partial charge in [0.25, 0.3) is 0 Å². The molecule has 5 nitrogen and oxygen atoms in total. The summed E-state index contributed by atoms with van der Waals surface area (Å²) in [5, 5.41) is 6.30. The average molecular weight is 416 g/mol. The summed E-state index contributed by atoms with van der Waals surface area (Å²) in [4.78, 5) is 19.7. The molecule has 1 aromatic carbocycles. The van der Waals surface area contributed by atoms with E-state index in [0.29, 0.717) is 5.92 Å². The molecule has 1 aliphatic heterocycles. The number of piperidine rings is 1. The normalized spacial score (nSPS) is 17.1. The second-order valence-corrected chi connectivity index (χ2v) is 9.93. The fraction of sp³-hybridized carbons (Fsp3) is 0.565. The van der Waals surface area contributed by atoms with Gasteiger partial charge in [0.1, 0.15) is 10.8 Å². The van der Waals surface area contributed by atoms with E-state index in [1.165, 1.54) is 11.1 Å². The van der Waals surface area contributed by atoms with Crippen LogP contribution in [-0.2, 0) is 11.3 Å². The van der Waals surface area contributed by atoms with Gasteiger partial charge in [0.2, 0.25) is 5.91 Å². The Morgan fingerprint density at radius 2 is 2.07 bits per heavy atom. The topological polar surface area (TPSA) is 54.5 Å². The van der Waals surface area contributed by atoms with Crippen LogP contribution in [0.2, 0.25) is 0 Å². The smallest absolute Gasteiger partial charge is 0.225 e. The van der Waals surface area contributed by atoms with Crippen LogP contribution in [0.4, 0.5) is 0 Å². The highest BCUT2D eigenvalue weighted by Crippen LogP contribution is 2.34. The third-order valence-corrected chi connectivity index (χ3v) is 6.48. The van der Waals surface area contributed by atoms with Crippen LogP contribution in [0.3, 0.4) is 0 Å². The van der Waals surface area contributed by atoms with Crippen molar-refractivity contribution in [2.45, 2.75) is 53.1 Å². The molecule has 1 saturated heterocycles. The van der Waals surface area contributed by atoms with Gasteiger partial charge >= 0.3 is 0 Å². The number of nitrogens with one attached hydrogen (secondary N) is 1. The molecule has 29 heavy (non-hydrogen) atoms. The monoisotopic (exact) mass is 415 g/mol. The van der Waals surface area contributed by atoms with E-state index in [0.717, 1.165) is 43.2 Å². The van der Waals surface area contributed by atoms with Crippen LogP contribution in [0, 0.1) is 18.3 Å². The van der Waals surface area contributed by atoms with Gasteiger partial charge in [-0.1, -0.05) is 38.5 Å². The van der Waals surface area contributed by atoms with E-state index >= 15 is 0 Å². The summed E-state index contributed by atoms with van der Waals surface area (Å²) in [6, 6.07) is 6.35. The molecule has 1 aliphatic rings. The first kappa shape index (κ1) is 21.8. The molecule has 158 valence electrons. The molecular formula is C23H33N3O2S. The first-order chi connectivity index (χ1) is 13.8. The maximum absolute atomic E-state index is 12.7. The van der Waals surface area contributed by atoms with E-state index in [-0.39, 0.29) is 11.9 Å². The number of thiazole rings is 1. The van der Waals surface area contributed by atoms with Gasteiger partial charge in [0.05, 0.1) is 13.2 Å². The first-order valence-corrected chi connectivity index (χ1v) is 11.2. The van der Waals surface area contributed by atoms with Crippen molar-refractivity contribution >= 4 is 17.2 Å². The Bertz CT molecular complexity index is 806. The van der Waals surface area contributed by atoms with Crippen LogP contribution in [0.15, 0.2) is 29.8 Å². The summed E-state index contributed by atoms with van der Waals surface area (Å²) in [5.41, 5.74) is 2.09. The van der Waals surface area contributed by atoms with Gasteiger partial charge in [-0.05, 0) is 44.8 Å². The van der Waals surface area contributed by atoms with E-state index < -0.39 is 5.41 Å². The van der Waals surface area contributed by atoms with Crippen molar-refractivity contribution in [3.8, 4) is 5.75 Å². The molecule has 0 bridgehead atoms. The Morgan fingerprint density at radius 3 is 2.66 bits per heavy atom.